The second kappa shape index (κ2) is 11.9. The lowest BCUT2D eigenvalue weighted by Gasteiger charge is -2.10. The Morgan fingerprint density at radius 1 is 0.769 bits per heavy atom. The summed E-state index contributed by atoms with van der Waals surface area (Å²) in [6.45, 7) is 10.2. The van der Waals surface area contributed by atoms with E-state index in [2.05, 4.69) is 51.7 Å². The first-order valence-electron chi connectivity index (χ1n) is 5.41. The van der Waals surface area contributed by atoms with Gasteiger partial charge in [0.15, 0.2) is 0 Å². The van der Waals surface area contributed by atoms with Crippen molar-refractivity contribution in [1.82, 2.24) is 9.80 Å². The van der Waals surface area contributed by atoms with E-state index in [0.29, 0.717) is 0 Å². The van der Waals surface area contributed by atoms with E-state index in [1.807, 2.05) is 0 Å². The molecule has 82 valence electrons. The Hall–Kier alpha value is -0.0800. The van der Waals surface area contributed by atoms with Crippen molar-refractivity contribution in [2.24, 2.45) is 0 Å². The summed E-state index contributed by atoms with van der Waals surface area (Å²) in [4.78, 5) is 4.49. The molecule has 0 unspecified atom stereocenters. The second-order valence-electron chi connectivity index (χ2n) is 3.70. The number of nitrogens with zero attached hydrogens (tertiary/aromatic N) is 2. The molecule has 0 aromatic rings. The molecular weight excluding hydrogens is 160 g/mol. The summed E-state index contributed by atoms with van der Waals surface area (Å²) in [5.74, 6) is 0. The SMILES string of the molecule is CCCN(C)C.CCCN(C)CC. The monoisotopic (exact) mass is 188 g/mol. The summed E-state index contributed by atoms with van der Waals surface area (Å²) in [6.07, 6.45) is 2.53. The molecule has 0 aliphatic carbocycles. The van der Waals surface area contributed by atoms with E-state index in [4.69, 9.17) is 0 Å². The van der Waals surface area contributed by atoms with Gasteiger partial charge in [-0.3, -0.25) is 0 Å². The van der Waals surface area contributed by atoms with Crippen LogP contribution in [-0.2, 0) is 0 Å². The van der Waals surface area contributed by atoms with Crippen LogP contribution in [0.2, 0.25) is 0 Å². The van der Waals surface area contributed by atoms with Gasteiger partial charge in [0.1, 0.15) is 0 Å². The molecule has 0 heterocycles. The molecule has 0 saturated carbocycles. The van der Waals surface area contributed by atoms with Crippen LogP contribution in [0.25, 0.3) is 0 Å². The van der Waals surface area contributed by atoms with Crippen LogP contribution in [0.1, 0.15) is 33.6 Å². The Labute approximate surface area is 84.9 Å². The first-order chi connectivity index (χ1) is 6.08. The summed E-state index contributed by atoms with van der Waals surface area (Å²) in [5, 5.41) is 0. The number of hydrogen-bond acceptors (Lipinski definition) is 2. The maximum absolute atomic E-state index is 2.31. The average Bonchev–Trinajstić information content (AvgIpc) is 2.05. The van der Waals surface area contributed by atoms with Crippen LogP contribution < -0.4 is 0 Å². The van der Waals surface area contributed by atoms with Gasteiger partial charge in [0.25, 0.3) is 0 Å². The van der Waals surface area contributed by atoms with E-state index in [1.165, 1.54) is 32.5 Å². The highest BCUT2D eigenvalue weighted by Gasteiger charge is 1.86. The van der Waals surface area contributed by atoms with Crippen molar-refractivity contribution in [3.05, 3.63) is 0 Å². The van der Waals surface area contributed by atoms with Crippen molar-refractivity contribution >= 4 is 0 Å². The van der Waals surface area contributed by atoms with Crippen LogP contribution >= 0.6 is 0 Å². The normalized spacial score (nSPS) is 10.2. The third kappa shape index (κ3) is 18.7. The Balaban J connectivity index is 0. The summed E-state index contributed by atoms with van der Waals surface area (Å²) < 4.78 is 0. The van der Waals surface area contributed by atoms with Crippen LogP contribution in [0.15, 0.2) is 0 Å². The lowest BCUT2D eigenvalue weighted by molar-refractivity contribution is 0.353. The van der Waals surface area contributed by atoms with Crippen LogP contribution in [0, 0.1) is 0 Å². The van der Waals surface area contributed by atoms with Crippen molar-refractivity contribution < 1.29 is 0 Å². The van der Waals surface area contributed by atoms with Crippen molar-refractivity contribution in [3.63, 3.8) is 0 Å². The Morgan fingerprint density at radius 3 is 1.31 bits per heavy atom. The Bertz CT molecular complexity index is 82.2. The van der Waals surface area contributed by atoms with E-state index in [0.717, 1.165) is 0 Å². The maximum atomic E-state index is 2.31. The Morgan fingerprint density at radius 2 is 1.23 bits per heavy atom. The lowest BCUT2D eigenvalue weighted by atomic mass is 10.4. The van der Waals surface area contributed by atoms with Crippen molar-refractivity contribution in [1.29, 1.82) is 0 Å². The van der Waals surface area contributed by atoms with E-state index in [9.17, 15) is 0 Å². The fourth-order valence-electron chi connectivity index (χ4n) is 0.987. The highest BCUT2D eigenvalue weighted by Crippen LogP contribution is 1.82. The van der Waals surface area contributed by atoms with Crippen LogP contribution in [0.5, 0.6) is 0 Å². The zero-order valence-corrected chi connectivity index (χ0v) is 10.4. The maximum Gasteiger partial charge on any atom is -0.00245 e. The smallest absolute Gasteiger partial charge is 0.00245 e. The zero-order chi connectivity index (χ0) is 10.7. The molecule has 0 aromatic heterocycles. The molecule has 0 bridgehead atoms. The first kappa shape index (κ1) is 15.4. The third-order valence-corrected chi connectivity index (χ3v) is 1.82. The molecule has 0 radical (unpaired) electrons. The minimum Gasteiger partial charge on any atom is -0.309 e. The summed E-state index contributed by atoms with van der Waals surface area (Å²) in [5.41, 5.74) is 0. The van der Waals surface area contributed by atoms with E-state index in [-0.39, 0.29) is 0 Å². The molecule has 0 spiro atoms. The minimum absolute atomic E-state index is 1.17. The largest absolute Gasteiger partial charge is 0.309 e. The zero-order valence-electron chi connectivity index (χ0n) is 10.4. The van der Waals surface area contributed by atoms with Crippen molar-refractivity contribution in [2.45, 2.75) is 33.6 Å². The van der Waals surface area contributed by atoms with E-state index >= 15 is 0 Å². The fourth-order valence-corrected chi connectivity index (χ4v) is 0.987. The summed E-state index contributed by atoms with van der Waals surface area (Å²) in [7, 11) is 6.32. The fraction of sp³-hybridized carbons (Fsp3) is 1.00. The molecule has 0 atom stereocenters. The van der Waals surface area contributed by atoms with Gasteiger partial charge in [0, 0.05) is 0 Å². The number of hydrogen-bond donors (Lipinski definition) is 0. The first-order valence-corrected chi connectivity index (χ1v) is 5.41. The highest BCUT2D eigenvalue weighted by molar-refractivity contribution is 4.41. The lowest BCUT2D eigenvalue weighted by Crippen LogP contribution is -2.17. The van der Waals surface area contributed by atoms with Gasteiger partial charge in [-0.05, 0) is 53.6 Å². The standard InChI is InChI=1S/C6H15N.C5H13N/c1-4-6-7(3)5-2;1-4-5-6(2)3/h4-6H2,1-3H3;4-5H2,1-3H3. The molecule has 2 nitrogen and oxygen atoms in total. The van der Waals surface area contributed by atoms with Gasteiger partial charge in [-0.1, -0.05) is 20.8 Å². The molecule has 0 rings (SSSR count). The third-order valence-electron chi connectivity index (χ3n) is 1.82. The highest BCUT2D eigenvalue weighted by atomic mass is 15.1. The quantitative estimate of drug-likeness (QED) is 0.653. The molecule has 2 heteroatoms. The van der Waals surface area contributed by atoms with Gasteiger partial charge in [-0.2, -0.15) is 0 Å². The van der Waals surface area contributed by atoms with E-state index in [1.54, 1.807) is 0 Å². The molecule has 0 N–H and O–H groups in total. The van der Waals surface area contributed by atoms with Crippen LogP contribution in [-0.4, -0.2) is 50.6 Å². The van der Waals surface area contributed by atoms with Crippen molar-refractivity contribution in [3.8, 4) is 0 Å². The minimum atomic E-state index is 1.17. The number of rotatable bonds is 5. The van der Waals surface area contributed by atoms with Crippen molar-refractivity contribution in [2.75, 3.05) is 40.8 Å². The molecule has 13 heavy (non-hydrogen) atoms. The molecule has 0 amide bonds. The second-order valence-corrected chi connectivity index (χ2v) is 3.70. The summed E-state index contributed by atoms with van der Waals surface area (Å²) >= 11 is 0. The van der Waals surface area contributed by atoms with Crippen LogP contribution in [0.4, 0.5) is 0 Å². The predicted octanol–water partition coefficient (Wildman–Crippen LogP) is 2.31. The summed E-state index contributed by atoms with van der Waals surface area (Å²) in [6, 6.07) is 0. The van der Waals surface area contributed by atoms with Crippen LogP contribution in [0.3, 0.4) is 0 Å². The van der Waals surface area contributed by atoms with Gasteiger partial charge in [-0.15, -0.1) is 0 Å². The average molecular weight is 188 g/mol. The predicted molar refractivity (Wildman–Crippen MR) is 62.3 cm³/mol. The van der Waals surface area contributed by atoms with Gasteiger partial charge >= 0.3 is 0 Å². The Kier molecular flexibility index (Phi) is 14.1. The van der Waals surface area contributed by atoms with Gasteiger partial charge in [0.05, 0.1) is 0 Å². The molecule has 0 aliphatic rings. The topological polar surface area (TPSA) is 6.48 Å². The molecular formula is C11H28N2. The molecule has 0 saturated heterocycles. The molecule has 0 aromatic carbocycles. The molecule has 0 aliphatic heterocycles. The van der Waals surface area contributed by atoms with E-state index < -0.39 is 0 Å². The van der Waals surface area contributed by atoms with Gasteiger partial charge < -0.3 is 9.80 Å². The van der Waals surface area contributed by atoms with Gasteiger partial charge in [0.2, 0.25) is 0 Å². The molecule has 0 fully saturated rings. The van der Waals surface area contributed by atoms with Gasteiger partial charge in [-0.25, -0.2) is 0 Å².